The lowest BCUT2D eigenvalue weighted by Gasteiger charge is -2.47. The number of rotatable bonds is 19. The van der Waals surface area contributed by atoms with E-state index in [9.17, 15) is 0 Å². The molecule has 1 heterocycles. The molecule has 0 bridgehead atoms. The highest BCUT2D eigenvalue weighted by Gasteiger charge is 2.76. The van der Waals surface area contributed by atoms with Crippen molar-refractivity contribution in [3.05, 3.63) is 144 Å². The Morgan fingerprint density at radius 2 is 1.04 bits per heavy atom. The predicted octanol–water partition coefficient (Wildman–Crippen LogP) is 8.71. The second kappa shape index (κ2) is 18.0. The number of unbranched alkanes of at least 4 members (excludes halogenated alkanes) is 3. The second-order valence-corrected chi connectivity index (χ2v) is 13.4. The van der Waals surface area contributed by atoms with Crippen LogP contribution in [0.5, 0.6) is 0 Å². The summed E-state index contributed by atoms with van der Waals surface area (Å²) >= 11 is 0. The largest absolute Gasteiger partial charge is 0.378 e. The molecule has 2 fully saturated rings. The van der Waals surface area contributed by atoms with Crippen LogP contribution in [0.25, 0.3) is 0 Å². The molecule has 1 aliphatic heterocycles. The molecular weight excluding hydrogens is 612 g/mol. The zero-order valence-electron chi connectivity index (χ0n) is 29.0. The van der Waals surface area contributed by atoms with Crippen LogP contribution in [0, 0.1) is 5.92 Å². The highest BCUT2D eigenvalue weighted by atomic mass is 16.6. The Bertz CT molecular complexity index is 1490. The van der Waals surface area contributed by atoms with Gasteiger partial charge in [0.2, 0.25) is 0 Å². The van der Waals surface area contributed by atoms with Crippen molar-refractivity contribution < 1.29 is 28.4 Å². The van der Waals surface area contributed by atoms with E-state index in [1.165, 1.54) is 19.3 Å². The van der Waals surface area contributed by atoms with E-state index in [1.54, 1.807) is 7.11 Å². The normalized spacial score (nSPS) is 26.2. The number of hydrogen-bond donors (Lipinski definition) is 0. The van der Waals surface area contributed by atoms with Crippen molar-refractivity contribution in [1.82, 2.24) is 0 Å². The lowest BCUT2D eigenvalue weighted by atomic mass is 9.90. The van der Waals surface area contributed by atoms with Crippen LogP contribution in [0.3, 0.4) is 0 Å². The van der Waals surface area contributed by atoms with Crippen molar-refractivity contribution >= 4 is 0 Å². The smallest absolute Gasteiger partial charge is 0.129 e. The molecule has 7 atom stereocenters. The number of benzene rings is 4. The molecule has 4 aromatic rings. The van der Waals surface area contributed by atoms with Crippen LogP contribution < -0.4 is 0 Å². The fraction of sp³-hybridized carbons (Fsp3) is 0.442. The molecule has 49 heavy (non-hydrogen) atoms. The van der Waals surface area contributed by atoms with E-state index < -0.39 is 30.0 Å². The third-order valence-corrected chi connectivity index (χ3v) is 9.93. The summed E-state index contributed by atoms with van der Waals surface area (Å²) in [5.74, 6) is 0.171. The zero-order chi connectivity index (χ0) is 33.7. The van der Waals surface area contributed by atoms with Gasteiger partial charge in [0.1, 0.15) is 30.0 Å². The highest BCUT2D eigenvalue weighted by molar-refractivity contribution is 5.26. The minimum atomic E-state index is -0.690. The van der Waals surface area contributed by atoms with E-state index in [0.717, 1.165) is 35.1 Å². The maximum absolute atomic E-state index is 7.30. The zero-order valence-corrected chi connectivity index (χ0v) is 29.0. The lowest BCUT2D eigenvalue weighted by Crippen LogP contribution is -2.64. The molecule has 0 radical (unpaired) electrons. The molecule has 0 unspecified atom stereocenters. The van der Waals surface area contributed by atoms with Gasteiger partial charge in [-0.05, 0) is 28.7 Å². The predicted molar refractivity (Wildman–Crippen MR) is 192 cm³/mol. The third-order valence-electron chi connectivity index (χ3n) is 9.93. The molecule has 0 N–H and O–H groups in total. The van der Waals surface area contributed by atoms with Crippen LogP contribution in [-0.2, 0) is 54.8 Å². The molecule has 1 aliphatic carbocycles. The minimum absolute atomic E-state index is 0.121. The molecule has 6 rings (SSSR count). The standard InChI is InChI=1S/C43H52O6/c1-3-4-5-18-27-37-41(44-2)43(37)42(48-31-36-25-16-9-17-26-36)40(47-30-35-23-14-8-15-24-35)39(46-29-34-21-12-7-13-22-34)38(49-43)32-45-28-33-19-10-6-11-20-33/h6-17,19-26,37-42H,3-5,18,27-32H2,1-2H3/t37-,38-,39-,40+,41+,42-,43-/m1/s1. The van der Waals surface area contributed by atoms with Crippen LogP contribution in [-0.4, -0.2) is 49.8 Å². The fourth-order valence-electron chi connectivity index (χ4n) is 7.40. The summed E-state index contributed by atoms with van der Waals surface area (Å²) < 4.78 is 40.8. The van der Waals surface area contributed by atoms with Crippen molar-refractivity contribution in [3.8, 4) is 0 Å². The molecule has 4 aromatic carbocycles. The molecule has 0 amide bonds. The Balaban J connectivity index is 1.34. The van der Waals surface area contributed by atoms with E-state index in [4.69, 9.17) is 28.4 Å². The first-order valence-electron chi connectivity index (χ1n) is 18.0. The van der Waals surface area contributed by atoms with Crippen LogP contribution >= 0.6 is 0 Å². The first kappa shape index (κ1) is 35.5. The molecule has 2 aliphatic rings. The summed E-state index contributed by atoms with van der Waals surface area (Å²) in [5.41, 5.74) is 3.71. The van der Waals surface area contributed by atoms with E-state index in [0.29, 0.717) is 33.0 Å². The van der Waals surface area contributed by atoms with Gasteiger partial charge in [0, 0.05) is 13.0 Å². The van der Waals surface area contributed by atoms with Crippen LogP contribution in [0.4, 0.5) is 0 Å². The van der Waals surface area contributed by atoms with Crippen molar-refractivity contribution in [2.75, 3.05) is 13.7 Å². The van der Waals surface area contributed by atoms with Crippen molar-refractivity contribution in [1.29, 1.82) is 0 Å². The summed E-state index contributed by atoms with van der Waals surface area (Å²) in [6.07, 6.45) is 3.89. The second-order valence-electron chi connectivity index (χ2n) is 13.4. The number of ether oxygens (including phenoxy) is 6. The number of hydrogen-bond acceptors (Lipinski definition) is 6. The molecule has 1 saturated carbocycles. The van der Waals surface area contributed by atoms with Gasteiger partial charge in [-0.25, -0.2) is 0 Å². The summed E-state index contributed by atoms with van der Waals surface area (Å²) in [5, 5.41) is 0. The van der Waals surface area contributed by atoms with Gasteiger partial charge in [-0.15, -0.1) is 0 Å². The van der Waals surface area contributed by atoms with E-state index in [2.05, 4.69) is 55.5 Å². The van der Waals surface area contributed by atoms with Gasteiger partial charge >= 0.3 is 0 Å². The first-order valence-corrected chi connectivity index (χ1v) is 18.0. The van der Waals surface area contributed by atoms with E-state index in [-0.39, 0.29) is 12.0 Å². The Labute approximate surface area is 292 Å². The van der Waals surface area contributed by atoms with Gasteiger partial charge in [-0.3, -0.25) is 0 Å². The highest BCUT2D eigenvalue weighted by Crippen LogP contribution is 2.59. The maximum atomic E-state index is 7.30. The van der Waals surface area contributed by atoms with Gasteiger partial charge in [-0.2, -0.15) is 0 Å². The van der Waals surface area contributed by atoms with E-state index in [1.807, 2.05) is 72.8 Å². The topological polar surface area (TPSA) is 55.4 Å². The Morgan fingerprint density at radius 3 is 1.55 bits per heavy atom. The Morgan fingerprint density at radius 1 is 0.551 bits per heavy atom. The minimum Gasteiger partial charge on any atom is -0.378 e. The van der Waals surface area contributed by atoms with Crippen molar-refractivity contribution in [2.45, 2.75) is 102 Å². The third kappa shape index (κ3) is 9.06. The molecule has 6 nitrogen and oxygen atoms in total. The molecule has 1 saturated heterocycles. The molecule has 0 aromatic heterocycles. The molecular formula is C43H52O6. The monoisotopic (exact) mass is 664 g/mol. The van der Waals surface area contributed by atoms with Gasteiger partial charge < -0.3 is 28.4 Å². The lowest BCUT2D eigenvalue weighted by molar-refractivity contribution is -0.291. The van der Waals surface area contributed by atoms with Crippen molar-refractivity contribution in [3.63, 3.8) is 0 Å². The fourth-order valence-corrected chi connectivity index (χ4v) is 7.40. The first-order chi connectivity index (χ1) is 24.2. The average molecular weight is 665 g/mol. The van der Waals surface area contributed by atoms with Crippen LogP contribution in [0.2, 0.25) is 0 Å². The molecule has 260 valence electrons. The SMILES string of the molecule is CCCCCC[C@@H]1[C@H](OC)[C@]12O[C@H](COCc1ccccc1)[C@@H](OCc1ccccc1)[C@H](OCc1ccccc1)[C@H]2OCc1ccccc1. The molecule has 6 heteroatoms. The Kier molecular flexibility index (Phi) is 13.1. The van der Waals surface area contributed by atoms with Gasteiger partial charge in [-0.1, -0.05) is 154 Å². The van der Waals surface area contributed by atoms with Crippen LogP contribution in [0.1, 0.15) is 61.3 Å². The summed E-state index contributed by atoms with van der Waals surface area (Å²) in [6.45, 7) is 4.36. The summed E-state index contributed by atoms with van der Waals surface area (Å²) in [4.78, 5) is 0. The Hall–Kier alpha value is -3.36. The van der Waals surface area contributed by atoms with Gasteiger partial charge in [0.05, 0.1) is 39.1 Å². The maximum Gasteiger partial charge on any atom is 0.129 e. The number of methoxy groups -OCH3 is 1. The summed E-state index contributed by atoms with van der Waals surface area (Å²) in [7, 11) is 1.80. The average Bonchev–Trinajstić information content (AvgIpc) is 3.77. The van der Waals surface area contributed by atoms with Crippen LogP contribution in [0.15, 0.2) is 121 Å². The quantitative estimate of drug-likeness (QED) is 0.0935. The molecule has 1 spiro atoms. The van der Waals surface area contributed by atoms with E-state index >= 15 is 0 Å². The van der Waals surface area contributed by atoms with Gasteiger partial charge in [0.15, 0.2) is 0 Å². The van der Waals surface area contributed by atoms with Crippen molar-refractivity contribution in [2.24, 2.45) is 5.92 Å². The van der Waals surface area contributed by atoms with Gasteiger partial charge in [0.25, 0.3) is 0 Å². The summed E-state index contributed by atoms with van der Waals surface area (Å²) in [6, 6.07) is 41.2.